The summed E-state index contributed by atoms with van der Waals surface area (Å²) in [7, 11) is -3.36. The maximum atomic E-state index is 12.1. The smallest absolute Gasteiger partial charge is 0.211 e. The van der Waals surface area contributed by atoms with Gasteiger partial charge in [0.05, 0.1) is 4.90 Å². The third kappa shape index (κ3) is 3.67. The number of sulfonamides is 1. The van der Waals surface area contributed by atoms with Gasteiger partial charge in [0, 0.05) is 6.54 Å². The first-order valence-corrected chi connectivity index (χ1v) is 8.34. The molecule has 0 saturated heterocycles. The second kappa shape index (κ2) is 6.35. The first-order chi connectivity index (χ1) is 9.13. The lowest BCUT2D eigenvalue weighted by molar-refractivity contribution is 0.581. The van der Waals surface area contributed by atoms with Crippen LogP contribution in [0.15, 0.2) is 35.2 Å². The summed E-state index contributed by atoms with van der Waals surface area (Å²) in [5.74, 6) is 0. The molecule has 0 aromatic heterocycles. The summed E-state index contributed by atoms with van der Waals surface area (Å²) in [6.07, 6.45) is 9.04. The summed E-state index contributed by atoms with van der Waals surface area (Å²) >= 11 is 0. The maximum absolute atomic E-state index is 12.1. The van der Waals surface area contributed by atoms with Crippen molar-refractivity contribution in [2.24, 2.45) is 0 Å². The molecule has 0 fully saturated rings. The largest absolute Gasteiger partial charge is 0.240 e. The van der Waals surface area contributed by atoms with E-state index in [2.05, 4.69) is 4.72 Å². The van der Waals surface area contributed by atoms with E-state index in [0.717, 1.165) is 25.7 Å². The van der Waals surface area contributed by atoms with Crippen LogP contribution in [0.2, 0.25) is 0 Å². The number of fused-ring (bicyclic) bond motifs is 1. The number of benzene rings is 1. The van der Waals surface area contributed by atoms with Crippen LogP contribution in [0.25, 0.3) is 0 Å². The highest BCUT2D eigenvalue weighted by Crippen LogP contribution is 2.23. The first-order valence-electron chi connectivity index (χ1n) is 6.86. The lowest BCUT2D eigenvalue weighted by Crippen LogP contribution is -2.24. The lowest BCUT2D eigenvalue weighted by Gasteiger charge is -2.16. The normalized spacial score (nSPS) is 15.6. The summed E-state index contributed by atoms with van der Waals surface area (Å²) in [6, 6.07) is 5.53. The molecular formula is C15H21NO2S. The molecule has 0 atom stereocenters. The van der Waals surface area contributed by atoms with Crippen molar-refractivity contribution < 1.29 is 8.42 Å². The fourth-order valence-electron chi connectivity index (χ4n) is 2.40. The van der Waals surface area contributed by atoms with E-state index in [-0.39, 0.29) is 0 Å². The van der Waals surface area contributed by atoms with Gasteiger partial charge in [-0.1, -0.05) is 18.2 Å². The molecule has 1 aromatic rings. The van der Waals surface area contributed by atoms with Gasteiger partial charge in [-0.3, -0.25) is 0 Å². The molecule has 1 aromatic carbocycles. The zero-order chi connectivity index (χ0) is 13.7. The van der Waals surface area contributed by atoms with Crippen LogP contribution in [0.1, 0.15) is 37.3 Å². The van der Waals surface area contributed by atoms with Gasteiger partial charge in [0.1, 0.15) is 0 Å². The Morgan fingerprint density at radius 1 is 1.21 bits per heavy atom. The van der Waals surface area contributed by atoms with Gasteiger partial charge in [-0.05, 0) is 62.3 Å². The third-order valence-electron chi connectivity index (χ3n) is 3.47. The van der Waals surface area contributed by atoms with Gasteiger partial charge in [0.15, 0.2) is 0 Å². The van der Waals surface area contributed by atoms with Crippen LogP contribution >= 0.6 is 0 Å². The quantitative estimate of drug-likeness (QED) is 0.665. The van der Waals surface area contributed by atoms with Crippen LogP contribution in [-0.2, 0) is 22.9 Å². The van der Waals surface area contributed by atoms with Gasteiger partial charge >= 0.3 is 0 Å². The molecule has 0 aliphatic heterocycles. The van der Waals surface area contributed by atoms with Crippen molar-refractivity contribution in [3.05, 3.63) is 41.5 Å². The molecule has 104 valence electrons. The minimum absolute atomic E-state index is 0.397. The lowest BCUT2D eigenvalue weighted by atomic mass is 9.92. The molecule has 1 aliphatic carbocycles. The van der Waals surface area contributed by atoms with Crippen molar-refractivity contribution >= 4 is 10.0 Å². The Balaban J connectivity index is 2.11. The Morgan fingerprint density at radius 2 is 1.95 bits per heavy atom. The van der Waals surface area contributed by atoms with E-state index < -0.39 is 10.0 Å². The molecule has 0 heterocycles. The molecule has 0 spiro atoms. The molecule has 0 amide bonds. The number of rotatable bonds is 5. The number of nitrogens with one attached hydrogen (secondary N) is 1. The zero-order valence-corrected chi connectivity index (χ0v) is 12.2. The summed E-state index contributed by atoms with van der Waals surface area (Å²) in [5.41, 5.74) is 2.50. The van der Waals surface area contributed by atoms with Crippen LogP contribution in [-0.4, -0.2) is 15.0 Å². The van der Waals surface area contributed by atoms with E-state index >= 15 is 0 Å². The molecule has 2 rings (SSSR count). The Morgan fingerprint density at radius 3 is 2.68 bits per heavy atom. The number of allylic oxidation sites excluding steroid dienone is 1. The van der Waals surface area contributed by atoms with Crippen molar-refractivity contribution in [1.29, 1.82) is 0 Å². The number of hydrogen-bond donors (Lipinski definition) is 1. The minimum Gasteiger partial charge on any atom is -0.211 e. The van der Waals surface area contributed by atoms with E-state index in [1.165, 1.54) is 17.5 Å². The standard InChI is InChI=1S/C15H21NO2S/c1-2-3-6-11-16-19(17,18)15-10-9-13-7-4-5-8-14(13)12-15/h2-3,9-10,12,16H,4-8,11H2,1H3/b3-2+. The van der Waals surface area contributed by atoms with E-state index in [1.807, 2.05) is 31.2 Å². The SMILES string of the molecule is C/C=C/CCNS(=O)(=O)c1ccc2c(c1)CCCC2. The topological polar surface area (TPSA) is 46.2 Å². The summed E-state index contributed by atoms with van der Waals surface area (Å²) in [4.78, 5) is 0.397. The summed E-state index contributed by atoms with van der Waals surface area (Å²) < 4.78 is 26.9. The Labute approximate surface area is 115 Å². The van der Waals surface area contributed by atoms with Gasteiger partial charge in [-0.2, -0.15) is 0 Å². The highest BCUT2D eigenvalue weighted by Gasteiger charge is 2.16. The van der Waals surface area contributed by atoms with Gasteiger partial charge < -0.3 is 0 Å². The highest BCUT2D eigenvalue weighted by atomic mass is 32.2. The summed E-state index contributed by atoms with van der Waals surface area (Å²) in [5, 5.41) is 0. The average molecular weight is 279 g/mol. The van der Waals surface area contributed by atoms with Gasteiger partial charge in [-0.25, -0.2) is 13.1 Å². The molecular weight excluding hydrogens is 258 g/mol. The highest BCUT2D eigenvalue weighted by molar-refractivity contribution is 7.89. The van der Waals surface area contributed by atoms with Crippen molar-refractivity contribution in [3.8, 4) is 0 Å². The van der Waals surface area contributed by atoms with Crippen LogP contribution in [0.3, 0.4) is 0 Å². The molecule has 0 bridgehead atoms. The molecule has 4 heteroatoms. The zero-order valence-electron chi connectivity index (χ0n) is 11.4. The van der Waals surface area contributed by atoms with Crippen molar-refractivity contribution in [3.63, 3.8) is 0 Å². The van der Waals surface area contributed by atoms with Crippen molar-refractivity contribution in [2.45, 2.75) is 43.9 Å². The molecule has 19 heavy (non-hydrogen) atoms. The van der Waals surface area contributed by atoms with E-state index in [0.29, 0.717) is 11.4 Å². The Hall–Kier alpha value is -1.13. The third-order valence-corrected chi connectivity index (χ3v) is 4.93. The van der Waals surface area contributed by atoms with Gasteiger partial charge in [0.2, 0.25) is 10.0 Å². The van der Waals surface area contributed by atoms with Crippen molar-refractivity contribution in [2.75, 3.05) is 6.54 Å². The molecule has 0 saturated carbocycles. The second-order valence-corrected chi connectivity index (χ2v) is 6.66. The fourth-order valence-corrected chi connectivity index (χ4v) is 3.50. The Kier molecular flexibility index (Phi) is 4.77. The summed E-state index contributed by atoms with van der Waals surface area (Å²) in [6.45, 7) is 2.38. The maximum Gasteiger partial charge on any atom is 0.240 e. The van der Waals surface area contributed by atoms with E-state index in [9.17, 15) is 8.42 Å². The van der Waals surface area contributed by atoms with Gasteiger partial charge in [0.25, 0.3) is 0 Å². The van der Waals surface area contributed by atoms with E-state index in [1.54, 1.807) is 6.07 Å². The molecule has 0 unspecified atom stereocenters. The Bertz CT molecular complexity index is 562. The van der Waals surface area contributed by atoms with Crippen LogP contribution < -0.4 is 4.72 Å². The van der Waals surface area contributed by atoms with Crippen LogP contribution in [0.4, 0.5) is 0 Å². The monoisotopic (exact) mass is 279 g/mol. The first kappa shape index (κ1) is 14.3. The predicted molar refractivity (Wildman–Crippen MR) is 77.7 cm³/mol. The molecule has 1 N–H and O–H groups in total. The number of aryl methyl sites for hydroxylation is 2. The van der Waals surface area contributed by atoms with Crippen LogP contribution in [0.5, 0.6) is 0 Å². The molecule has 3 nitrogen and oxygen atoms in total. The van der Waals surface area contributed by atoms with Crippen molar-refractivity contribution in [1.82, 2.24) is 4.72 Å². The van der Waals surface area contributed by atoms with E-state index in [4.69, 9.17) is 0 Å². The molecule has 1 aliphatic rings. The number of hydrogen-bond acceptors (Lipinski definition) is 2. The second-order valence-electron chi connectivity index (χ2n) is 4.89. The predicted octanol–water partition coefficient (Wildman–Crippen LogP) is 2.81. The average Bonchev–Trinajstić information content (AvgIpc) is 2.43. The van der Waals surface area contributed by atoms with Crippen LogP contribution in [0, 0.1) is 0 Å². The fraction of sp³-hybridized carbons (Fsp3) is 0.467. The minimum atomic E-state index is -3.36. The van der Waals surface area contributed by atoms with Gasteiger partial charge in [-0.15, -0.1) is 0 Å². The molecule has 0 radical (unpaired) electrons.